The number of rotatable bonds is 18. The van der Waals surface area contributed by atoms with Crippen LogP contribution in [-0.4, -0.2) is 10.2 Å². The van der Waals surface area contributed by atoms with E-state index in [1.165, 1.54) is 12.8 Å². The van der Waals surface area contributed by atoms with Gasteiger partial charge in [-0.2, -0.15) is 0 Å². The van der Waals surface area contributed by atoms with Crippen LogP contribution >= 0.6 is 8.25 Å². The van der Waals surface area contributed by atoms with Gasteiger partial charge in [0.15, 0.2) is 0 Å². The predicted octanol–water partition coefficient (Wildman–Crippen LogP) is 14.2. The van der Waals surface area contributed by atoms with Crippen LogP contribution in [0.3, 0.4) is 0 Å². The molecule has 0 amide bonds. The van der Waals surface area contributed by atoms with Gasteiger partial charge in [0.05, 0.1) is 0 Å². The van der Waals surface area contributed by atoms with E-state index in [0.29, 0.717) is 23.3 Å². The molecule has 0 radical (unpaired) electrons. The molecule has 0 aromatic heterocycles. The highest BCUT2D eigenvalue weighted by Gasteiger charge is 2.35. The second kappa shape index (κ2) is 19.1. The van der Waals surface area contributed by atoms with E-state index in [1.54, 1.807) is 0 Å². The zero-order chi connectivity index (χ0) is 39.8. The van der Waals surface area contributed by atoms with Gasteiger partial charge in [0, 0.05) is 15.7 Å². The van der Waals surface area contributed by atoms with Crippen molar-refractivity contribution in [1.82, 2.24) is 0 Å². The highest BCUT2D eigenvalue weighted by atomic mass is 31.1. The lowest BCUT2D eigenvalue weighted by Gasteiger charge is -2.32. The molecule has 2 aromatic carbocycles. The van der Waals surface area contributed by atoms with E-state index in [9.17, 15) is 14.8 Å². The maximum atomic E-state index is 13.7. The highest BCUT2D eigenvalue weighted by molar-refractivity contribution is 7.33. The SMILES string of the molecule is CCCCC(CC)Cc1c(CO[P+](=O)OCc2cc(C(C)(C)C)c(O)c(C(C)(C)C)c2CC(CC)CCCC)cc(C(C)(C)C)c(O)c1C(C)(C)C. The highest BCUT2D eigenvalue weighted by Crippen LogP contribution is 2.46. The monoisotopic (exact) mass is 742 g/mol. The van der Waals surface area contributed by atoms with Crippen LogP contribution in [-0.2, 0) is 61.3 Å². The number of aromatic hydroxyl groups is 2. The van der Waals surface area contributed by atoms with Crippen molar-refractivity contribution in [3.05, 3.63) is 56.6 Å². The summed E-state index contributed by atoms with van der Waals surface area (Å²) in [5, 5.41) is 23.6. The summed E-state index contributed by atoms with van der Waals surface area (Å²) in [6, 6.07) is 4.17. The van der Waals surface area contributed by atoms with Crippen LogP contribution in [0.15, 0.2) is 12.1 Å². The summed E-state index contributed by atoms with van der Waals surface area (Å²) in [6.07, 6.45) is 10.7. The zero-order valence-electron chi connectivity index (χ0n) is 36.4. The van der Waals surface area contributed by atoms with E-state index in [1.807, 2.05) is 0 Å². The molecule has 5 nitrogen and oxygen atoms in total. The summed E-state index contributed by atoms with van der Waals surface area (Å²) in [5.41, 5.74) is 6.71. The van der Waals surface area contributed by atoms with Crippen LogP contribution in [0.25, 0.3) is 0 Å². The van der Waals surface area contributed by atoms with Crippen LogP contribution in [0.5, 0.6) is 11.5 Å². The fourth-order valence-electron chi connectivity index (χ4n) is 7.76. The smallest absolute Gasteiger partial charge is 0.507 e. The molecule has 0 spiro atoms. The first kappa shape index (κ1) is 46.2. The molecule has 0 aliphatic heterocycles. The van der Waals surface area contributed by atoms with E-state index >= 15 is 0 Å². The summed E-state index contributed by atoms with van der Waals surface area (Å²) in [5.74, 6) is 1.71. The van der Waals surface area contributed by atoms with Crippen molar-refractivity contribution >= 4 is 8.25 Å². The number of unbranched alkanes of at least 4 members (excludes halogenated alkanes) is 2. The molecular weight excluding hydrogens is 663 g/mol. The molecule has 0 fully saturated rings. The van der Waals surface area contributed by atoms with Gasteiger partial charge in [0.25, 0.3) is 0 Å². The van der Waals surface area contributed by atoms with E-state index in [-0.39, 0.29) is 34.9 Å². The molecule has 2 unspecified atom stereocenters. The normalized spacial score (nSPS) is 14.5. The lowest BCUT2D eigenvalue weighted by atomic mass is 9.73. The van der Waals surface area contributed by atoms with Crippen LogP contribution in [0.1, 0.15) is 207 Å². The van der Waals surface area contributed by atoms with Crippen LogP contribution < -0.4 is 0 Å². The minimum absolute atomic E-state index is 0.138. The third kappa shape index (κ3) is 12.6. The molecule has 2 atom stereocenters. The Morgan fingerprint density at radius 2 is 0.904 bits per heavy atom. The van der Waals surface area contributed by atoms with Crippen molar-refractivity contribution in [2.75, 3.05) is 0 Å². The minimum atomic E-state index is -2.46. The summed E-state index contributed by atoms with van der Waals surface area (Å²) in [4.78, 5) is 0. The second-order valence-electron chi connectivity index (χ2n) is 19.6. The van der Waals surface area contributed by atoms with Crippen LogP contribution in [0.2, 0.25) is 0 Å². The number of hydrogen-bond donors (Lipinski definition) is 2. The van der Waals surface area contributed by atoms with Gasteiger partial charge in [-0.25, -0.2) is 0 Å². The van der Waals surface area contributed by atoms with Crippen molar-refractivity contribution in [3.8, 4) is 11.5 Å². The van der Waals surface area contributed by atoms with E-state index < -0.39 is 8.25 Å². The summed E-state index contributed by atoms with van der Waals surface area (Å²) < 4.78 is 26.0. The fourth-order valence-corrected chi connectivity index (χ4v) is 8.33. The summed E-state index contributed by atoms with van der Waals surface area (Å²) in [6.45, 7) is 35.0. The van der Waals surface area contributed by atoms with Gasteiger partial charge >= 0.3 is 8.25 Å². The molecule has 2 rings (SSSR count). The molecule has 2 N–H and O–H groups in total. The summed E-state index contributed by atoms with van der Waals surface area (Å²) >= 11 is 0. The van der Waals surface area contributed by atoms with Gasteiger partial charge in [0.2, 0.25) is 0 Å². The molecular formula is C46H78O5P+. The molecule has 0 saturated heterocycles. The number of phenols is 2. The Labute approximate surface area is 321 Å². The van der Waals surface area contributed by atoms with Gasteiger partial charge in [-0.3, -0.25) is 0 Å². The zero-order valence-corrected chi connectivity index (χ0v) is 37.3. The number of benzene rings is 2. The Morgan fingerprint density at radius 1 is 0.577 bits per heavy atom. The van der Waals surface area contributed by atoms with Gasteiger partial charge < -0.3 is 10.2 Å². The van der Waals surface area contributed by atoms with Crippen molar-refractivity contribution in [1.29, 1.82) is 0 Å². The molecule has 0 heterocycles. The summed E-state index contributed by atoms with van der Waals surface area (Å²) in [7, 11) is -2.46. The Hall–Kier alpha value is -1.94. The third-order valence-electron chi connectivity index (χ3n) is 10.8. The second-order valence-corrected chi connectivity index (χ2v) is 20.5. The Kier molecular flexibility index (Phi) is 17.0. The first-order valence-corrected chi connectivity index (χ1v) is 21.5. The van der Waals surface area contributed by atoms with Gasteiger partial charge in [0.1, 0.15) is 24.7 Å². The largest absolute Gasteiger partial charge is 0.698 e. The van der Waals surface area contributed by atoms with Crippen LogP contribution in [0.4, 0.5) is 0 Å². The molecule has 2 aromatic rings. The Morgan fingerprint density at radius 3 is 1.15 bits per heavy atom. The number of hydrogen-bond acceptors (Lipinski definition) is 5. The first-order valence-electron chi connectivity index (χ1n) is 20.4. The lowest BCUT2D eigenvalue weighted by Crippen LogP contribution is -2.22. The molecule has 296 valence electrons. The van der Waals surface area contributed by atoms with E-state index in [4.69, 9.17) is 9.05 Å². The lowest BCUT2D eigenvalue weighted by molar-refractivity contribution is 0.211. The van der Waals surface area contributed by atoms with Crippen molar-refractivity contribution in [2.24, 2.45) is 11.8 Å². The molecule has 0 saturated carbocycles. The van der Waals surface area contributed by atoms with Gasteiger partial charge in [-0.1, -0.05) is 162 Å². The molecule has 52 heavy (non-hydrogen) atoms. The van der Waals surface area contributed by atoms with Gasteiger partial charge in [-0.05, 0) is 91.9 Å². The minimum Gasteiger partial charge on any atom is -0.507 e. The fraction of sp³-hybridized carbons (Fsp3) is 0.739. The Bertz CT molecular complexity index is 1350. The molecule has 6 heteroatoms. The standard InChI is InChI=1S/C46H77O5P/c1-17-21-23-31(19-3)25-35-33(27-37(43(5,6)7)41(47)39(35)45(11,12)13)29-50-52(49)51-30-34-28-38(44(8,9)10)42(48)40(46(14,15)16)36(34)26-32(20-4)24-22-18-2/h27-28,31-32H,17-26,29-30H2,1-16H3,(H-,47,48)/p+1. The van der Waals surface area contributed by atoms with Crippen LogP contribution in [0, 0.1) is 11.8 Å². The van der Waals surface area contributed by atoms with Crippen molar-refractivity contribution in [2.45, 2.75) is 210 Å². The Balaban J connectivity index is 2.62. The first-order chi connectivity index (χ1) is 23.9. The van der Waals surface area contributed by atoms with Gasteiger partial charge in [-0.15, -0.1) is 9.05 Å². The molecule has 0 aliphatic carbocycles. The average molecular weight is 742 g/mol. The maximum absolute atomic E-state index is 13.7. The molecule has 0 aliphatic rings. The van der Waals surface area contributed by atoms with Crippen molar-refractivity contribution < 1.29 is 23.8 Å². The van der Waals surface area contributed by atoms with E-state index in [2.05, 4.69) is 123 Å². The quantitative estimate of drug-likeness (QED) is 0.149. The maximum Gasteiger partial charge on any atom is 0.698 e. The number of phenolic OH excluding ortho intramolecular Hbond substituents is 2. The van der Waals surface area contributed by atoms with E-state index in [0.717, 1.165) is 95.9 Å². The topological polar surface area (TPSA) is 76.0 Å². The third-order valence-corrected chi connectivity index (χ3v) is 11.5. The predicted molar refractivity (Wildman–Crippen MR) is 222 cm³/mol. The van der Waals surface area contributed by atoms with Crippen molar-refractivity contribution in [3.63, 3.8) is 0 Å². The average Bonchev–Trinajstić information content (AvgIpc) is 3.01. The molecule has 0 bridgehead atoms.